The van der Waals surface area contributed by atoms with Crippen molar-refractivity contribution in [1.82, 2.24) is 0 Å². The molecule has 0 aliphatic heterocycles. The zero-order valence-electron chi connectivity index (χ0n) is 13.1. The zero-order chi connectivity index (χ0) is 16.7. The topological polar surface area (TPSA) is 43.4 Å². The van der Waals surface area contributed by atoms with Crippen molar-refractivity contribution < 1.29 is 13.2 Å². The fourth-order valence-corrected chi connectivity index (χ4v) is 3.30. The van der Waals surface area contributed by atoms with E-state index >= 15 is 0 Å². The highest BCUT2D eigenvalue weighted by Gasteiger charge is 2.17. The maximum atomic E-state index is 12.6. The maximum Gasteiger partial charge on any atom is 0.185 e. The van der Waals surface area contributed by atoms with E-state index in [1.165, 1.54) is 0 Å². The molecular formula is C19H20O3S. The normalized spacial score (nSPS) is 12.0. The van der Waals surface area contributed by atoms with Crippen molar-refractivity contribution in [2.45, 2.75) is 11.8 Å². The molecule has 0 fully saturated rings. The minimum atomic E-state index is -3.45. The number of hydrogen-bond donors (Lipinski definition) is 0. The molecule has 0 saturated heterocycles. The first-order chi connectivity index (χ1) is 11.0. The largest absolute Gasteiger partial charge is 0.493 e. The molecule has 0 aromatic heterocycles. The molecule has 0 spiro atoms. The van der Waals surface area contributed by atoms with E-state index in [9.17, 15) is 8.42 Å². The Hall–Kier alpha value is -2.33. The quantitative estimate of drug-likeness (QED) is 0.570. The second kappa shape index (κ2) is 7.79. The van der Waals surface area contributed by atoms with Crippen LogP contribution in [0.2, 0.25) is 0 Å². The van der Waals surface area contributed by atoms with Gasteiger partial charge in [0.2, 0.25) is 0 Å². The second-order valence-electron chi connectivity index (χ2n) is 5.19. The van der Waals surface area contributed by atoms with Crippen molar-refractivity contribution in [2.75, 3.05) is 12.4 Å². The summed E-state index contributed by atoms with van der Waals surface area (Å²) >= 11 is 0. The molecule has 2 rings (SSSR count). The van der Waals surface area contributed by atoms with Gasteiger partial charge < -0.3 is 4.74 Å². The Balaban J connectivity index is 2.28. The standard InChI is InChI=1S/C19H20O3S/c1-3-13-22-18(14-17-7-5-4-6-8-17)15-23(20,21)19-11-9-16(2)10-12-19/h3-12,14H,1,13,15H2,2H3/b18-14-. The Bertz CT molecular complexity index is 773. The van der Waals surface area contributed by atoms with Crippen LogP contribution in [0.3, 0.4) is 0 Å². The lowest BCUT2D eigenvalue weighted by molar-refractivity contribution is 0.254. The van der Waals surface area contributed by atoms with Gasteiger partial charge in [-0.3, -0.25) is 0 Å². The van der Waals surface area contributed by atoms with Gasteiger partial charge in [-0.05, 0) is 30.7 Å². The molecule has 3 nitrogen and oxygen atoms in total. The monoisotopic (exact) mass is 328 g/mol. The Morgan fingerprint density at radius 3 is 2.35 bits per heavy atom. The third-order valence-corrected chi connectivity index (χ3v) is 4.88. The number of rotatable bonds is 7. The van der Waals surface area contributed by atoms with E-state index in [0.29, 0.717) is 10.7 Å². The van der Waals surface area contributed by atoms with Gasteiger partial charge in [-0.15, -0.1) is 0 Å². The van der Waals surface area contributed by atoms with Gasteiger partial charge in [-0.25, -0.2) is 8.42 Å². The van der Waals surface area contributed by atoms with Crippen LogP contribution in [0.1, 0.15) is 11.1 Å². The fourth-order valence-electron chi connectivity index (χ4n) is 2.04. The lowest BCUT2D eigenvalue weighted by atomic mass is 10.2. The lowest BCUT2D eigenvalue weighted by Gasteiger charge is -2.10. The highest BCUT2D eigenvalue weighted by Crippen LogP contribution is 2.17. The molecule has 0 aliphatic carbocycles. The Labute approximate surface area is 137 Å². The molecule has 0 radical (unpaired) electrons. The molecule has 0 bridgehead atoms. The summed E-state index contributed by atoms with van der Waals surface area (Å²) < 4.78 is 30.7. The summed E-state index contributed by atoms with van der Waals surface area (Å²) in [6, 6.07) is 16.3. The van der Waals surface area contributed by atoms with Gasteiger partial charge in [0.15, 0.2) is 9.84 Å². The Morgan fingerprint density at radius 1 is 1.09 bits per heavy atom. The van der Waals surface area contributed by atoms with E-state index in [4.69, 9.17) is 4.74 Å². The van der Waals surface area contributed by atoms with Crippen LogP contribution < -0.4 is 0 Å². The predicted octanol–water partition coefficient (Wildman–Crippen LogP) is 4.01. The van der Waals surface area contributed by atoms with E-state index < -0.39 is 9.84 Å². The summed E-state index contributed by atoms with van der Waals surface area (Å²) in [7, 11) is -3.45. The van der Waals surface area contributed by atoms with Gasteiger partial charge >= 0.3 is 0 Å². The Morgan fingerprint density at radius 2 is 1.74 bits per heavy atom. The van der Waals surface area contributed by atoms with Gasteiger partial charge in [-0.2, -0.15) is 0 Å². The fraction of sp³-hybridized carbons (Fsp3) is 0.158. The maximum absolute atomic E-state index is 12.6. The van der Waals surface area contributed by atoms with Crippen molar-refractivity contribution in [3.05, 3.63) is 84.1 Å². The van der Waals surface area contributed by atoms with Crippen LogP contribution in [0.15, 0.2) is 77.9 Å². The third kappa shape index (κ3) is 5.11. The van der Waals surface area contributed by atoms with E-state index in [1.807, 2.05) is 37.3 Å². The molecule has 0 atom stereocenters. The van der Waals surface area contributed by atoms with Crippen LogP contribution in [0.25, 0.3) is 6.08 Å². The average Bonchev–Trinajstić information content (AvgIpc) is 2.54. The summed E-state index contributed by atoms with van der Waals surface area (Å²) in [5.41, 5.74) is 1.91. The molecular weight excluding hydrogens is 308 g/mol. The molecule has 0 amide bonds. The van der Waals surface area contributed by atoms with E-state index in [0.717, 1.165) is 11.1 Å². The first kappa shape index (κ1) is 17.0. The number of ether oxygens (including phenoxy) is 1. The van der Waals surface area contributed by atoms with Gasteiger partial charge in [0, 0.05) is 0 Å². The van der Waals surface area contributed by atoms with Crippen molar-refractivity contribution in [3.8, 4) is 0 Å². The molecule has 23 heavy (non-hydrogen) atoms. The second-order valence-corrected chi connectivity index (χ2v) is 7.18. The lowest BCUT2D eigenvalue weighted by Crippen LogP contribution is -2.11. The molecule has 4 heteroatoms. The molecule has 0 saturated carbocycles. The van der Waals surface area contributed by atoms with Crippen molar-refractivity contribution >= 4 is 15.9 Å². The summed E-state index contributed by atoms with van der Waals surface area (Å²) in [6.45, 7) is 5.79. The summed E-state index contributed by atoms with van der Waals surface area (Å²) in [5.74, 6) is 0.218. The van der Waals surface area contributed by atoms with Gasteiger partial charge in [0.25, 0.3) is 0 Å². The summed E-state index contributed by atoms with van der Waals surface area (Å²) in [6.07, 6.45) is 3.34. The predicted molar refractivity (Wildman–Crippen MR) is 93.8 cm³/mol. The van der Waals surface area contributed by atoms with E-state index in [1.54, 1.807) is 36.4 Å². The molecule has 0 unspecified atom stereocenters. The molecule has 120 valence electrons. The summed E-state index contributed by atoms with van der Waals surface area (Å²) in [5, 5.41) is 0. The van der Waals surface area contributed by atoms with Gasteiger partial charge in [0.05, 0.1) is 4.90 Å². The average molecular weight is 328 g/mol. The van der Waals surface area contributed by atoms with Gasteiger partial charge in [0.1, 0.15) is 18.1 Å². The third-order valence-electron chi connectivity index (χ3n) is 3.23. The number of sulfone groups is 1. The van der Waals surface area contributed by atoms with Crippen molar-refractivity contribution in [2.24, 2.45) is 0 Å². The molecule has 0 aliphatic rings. The van der Waals surface area contributed by atoms with E-state index in [2.05, 4.69) is 6.58 Å². The number of benzene rings is 2. The van der Waals surface area contributed by atoms with Crippen LogP contribution in [-0.4, -0.2) is 20.8 Å². The minimum Gasteiger partial charge on any atom is -0.493 e. The first-order valence-corrected chi connectivity index (χ1v) is 8.95. The smallest absolute Gasteiger partial charge is 0.185 e. The van der Waals surface area contributed by atoms with Gasteiger partial charge in [-0.1, -0.05) is 60.7 Å². The van der Waals surface area contributed by atoms with Crippen LogP contribution in [-0.2, 0) is 14.6 Å². The summed E-state index contributed by atoms with van der Waals surface area (Å²) in [4.78, 5) is 0.296. The SMILES string of the molecule is C=CCO/C(=C\c1ccccc1)CS(=O)(=O)c1ccc(C)cc1. The molecule has 2 aromatic rings. The van der Waals surface area contributed by atoms with Crippen LogP contribution in [0.5, 0.6) is 0 Å². The highest BCUT2D eigenvalue weighted by molar-refractivity contribution is 7.91. The highest BCUT2D eigenvalue weighted by atomic mass is 32.2. The number of aryl methyl sites for hydroxylation is 1. The Kier molecular flexibility index (Phi) is 5.77. The first-order valence-electron chi connectivity index (χ1n) is 7.30. The van der Waals surface area contributed by atoms with Crippen molar-refractivity contribution in [3.63, 3.8) is 0 Å². The van der Waals surface area contributed by atoms with E-state index in [-0.39, 0.29) is 12.4 Å². The van der Waals surface area contributed by atoms with Crippen LogP contribution in [0.4, 0.5) is 0 Å². The zero-order valence-corrected chi connectivity index (χ0v) is 13.9. The molecule has 2 aromatic carbocycles. The minimum absolute atomic E-state index is 0.182. The number of hydrogen-bond acceptors (Lipinski definition) is 3. The van der Waals surface area contributed by atoms with Crippen molar-refractivity contribution in [1.29, 1.82) is 0 Å². The van der Waals surface area contributed by atoms with Crippen LogP contribution >= 0.6 is 0 Å². The molecule has 0 heterocycles. The molecule has 0 N–H and O–H groups in total. The van der Waals surface area contributed by atoms with Crippen LogP contribution in [0, 0.1) is 6.92 Å².